The fraction of sp³-hybridized carbons (Fsp3) is 0.982. The highest BCUT2D eigenvalue weighted by Crippen LogP contribution is 2.40. The van der Waals surface area contributed by atoms with Gasteiger partial charge in [-0.1, -0.05) is 0 Å². The van der Waals surface area contributed by atoms with Crippen LogP contribution in [0.25, 0.3) is 0 Å². The third kappa shape index (κ3) is 18.0. The van der Waals surface area contributed by atoms with E-state index in [0.717, 1.165) is 6.92 Å². The molecule has 0 bridgehead atoms. The maximum Gasteiger partial charge on any atom is 0.217 e. The zero-order chi connectivity index (χ0) is 75.6. The molecule has 9 aliphatic heterocycles. The zero-order valence-corrected chi connectivity index (χ0v) is 54.2. The van der Waals surface area contributed by atoms with Crippen molar-refractivity contribution < 1.29 is 228 Å². The van der Waals surface area contributed by atoms with Crippen LogP contribution in [0.2, 0.25) is 0 Å². The first kappa shape index (κ1) is 84.7. The predicted molar refractivity (Wildman–Crippen MR) is 309 cm³/mol. The summed E-state index contributed by atoms with van der Waals surface area (Å²) in [5.74, 6) is -0.857. The Morgan fingerprint density at radius 3 is 0.854 bits per heavy atom. The molecule has 0 spiro atoms. The molecule has 45 atom stereocenters. The van der Waals surface area contributed by atoms with Gasteiger partial charge in [0, 0.05) is 6.92 Å². The Morgan fingerprint density at radius 1 is 0.252 bits per heavy atom. The normalized spacial score (nSPS) is 52.4. The predicted octanol–water partition coefficient (Wildman–Crippen LogP) is -20.5. The molecule has 1 amide bonds. The molecular formula is C56H95NO46. The van der Waals surface area contributed by atoms with E-state index in [-0.39, 0.29) is 0 Å². The second-order valence-corrected chi connectivity index (χ2v) is 26.0. The van der Waals surface area contributed by atoms with Crippen molar-refractivity contribution in [1.82, 2.24) is 5.32 Å². The van der Waals surface area contributed by atoms with E-state index < -0.39 is 342 Å². The maximum absolute atomic E-state index is 12.4. The van der Waals surface area contributed by atoms with Gasteiger partial charge in [0.05, 0.1) is 59.5 Å². The summed E-state index contributed by atoms with van der Waals surface area (Å²) >= 11 is 0. The van der Waals surface area contributed by atoms with Crippen molar-refractivity contribution in [2.75, 3.05) is 59.5 Å². The lowest BCUT2D eigenvalue weighted by Gasteiger charge is -2.50. The second-order valence-electron chi connectivity index (χ2n) is 26.0. The van der Waals surface area contributed by atoms with Crippen LogP contribution in [0.4, 0.5) is 0 Å². The average Bonchev–Trinajstić information content (AvgIpc) is 0.770. The number of amides is 1. The first-order valence-corrected chi connectivity index (χ1v) is 32.7. The molecule has 0 aromatic carbocycles. The summed E-state index contributed by atoms with van der Waals surface area (Å²) < 4.78 is 98.4. The van der Waals surface area contributed by atoms with Crippen LogP contribution in [0.3, 0.4) is 0 Å². The van der Waals surface area contributed by atoms with Crippen LogP contribution in [-0.2, 0) is 85.3 Å². The van der Waals surface area contributed by atoms with Crippen LogP contribution in [-0.4, -0.2) is 485 Å². The molecule has 0 saturated carbocycles. The minimum absolute atomic E-state index is 0.857. The first-order valence-electron chi connectivity index (χ1n) is 32.7. The van der Waals surface area contributed by atoms with Gasteiger partial charge in [-0.15, -0.1) is 0 Å². The molecule has 600 valence electrons. The summed E-state index contributed by atoms with van der Waals surface area (Å²) in [5, 5.41) is 309. The molecule has 9 saturated heterocycles. The number of hydrogen-bond donors (Lipinski definition) is 29. The van der Waals surface area contributed by atoms with Gasteiger partial charge in [0.2, 0.25) is 5.91 Å². The van der Waals surface area contributed by atoms with E-state index in [2.05, 4.69) is 5.32 Å². The highest BCUT2D eigenvalue weighted by molar-refractivity contribution is 5.73. The van der Waals surface area contributed by atoms with Crippen molar-refractivity contribution in [3.05, 3.63) is 0 Å². The van der Waals surface area contributed by atoms with Crippen LogP contribution in [0, 0.1) is 0 Å². The standard InChI is InChI=1S/C56H95NO46/c1-11(65)57-21-30(74)42(18(8-64)89-48(21)86)98-53-41(85)44(100-55-47(36(80)27(71)16(6-62)94-55)103-56-46(35(79)26(70)17(7-63)95-56)102-52-39(83)33(77)24(68)14(4-60)92-52)29(73)20(97-53)10-88-50-40(84)43(28(72)19(96-50)9-87-49-37(81)31(75)22(66)12(2-58)90-49)99-54-45(34(78)25(69)15(5-61)93-54)101-51-38(82)32(76)23(67)13(3-59)91-51/h12-56,58-64,66-86H,2-10H2,1H3,(H,57,65)/t12-,13-,14-,15-,16-,17-,18-,19-,20-,21-,22-,23-,24-,25-,26-,27-,28-,29-,30-,31+,32+,33+,34-,35+,36+,37+,38+,39+,40+,41+,42-,43+,44+,45+,46+,47+,48?,49+,50+,51-,52-,53-,54-,55-,56-/m1/s1. The SMILES string of the molecule is CC(=O)N[C@H]1C(O)O[C@H](CO)[C@@H](O[C@H]2O[C@H](CO[C@H]3O[C@H](CO[C@H]4O[C@H](CO)[C@@H](O)[C@H](O)[C@@H]4O)[C@@H](O)[C@H](O[C@H]4O[C@H](CO)[C@@H](O)[C@@H](O)[C@@H]4O[C@H]4O[C@H](CO)[C@@H](O)[C@H](O)[C@@H]4O)[C@@H]3O)[C@@H](O)[C@H](O[C@H]3O[C@H](CO)[C@@H](O)[C@H](O)[C@@H]3O[C@H]3O[C@H](CO)[C@@H](O)[C@H](O)[C@@H]3O[C@H]3O[C@H](CO)[C@@H](O)[C@H](O)[C@@H]3O)[C@@H]2O)[C@@H]1O. The molecule has 9 aliphatic rings. The van der Waals surface area contributed by atoms with Crippen molar-refractivity contribution in [1.29, 1.82) is 0 Å². The Hall–Kier alpha value is -2.33. The van der Waals surface area contributed by atoms with E-state index in [1.54, 1.807) is 0 Å². The molecule has 9 fully saturated rings. The van der Waals surface area contributed by atoms with Crippen molar-refractivity contribution >= 4 is 5.91 Å². The van der Waals surface area contributed by atoms with Gasteiger partial charge in [-0.2, -0.15) is 0 Å². The van der Waals surface area contributed by atoms with Gasteiger partial charge in [-0.25, -0.2) is 0 Å². The Kier molecular flexibility index (Phi) is 30.2. The van der Waals surface area contributed by atoms with Gasteiger partial charge in [-0.3, -0.25) is 4.79 Å². The molecule has 9 rings (SSSR count). The Labute approximate surface area is 581 Å². The first-order chi connectivity index (χ1) is 48.8. The highest BCUT2D eigenvalue weighted by Gasteiger charge is 2.60. The average molecular weight is 1520 g/mol. The van der Waals surface area contributed by atoms with Gasteiger partial charge in [0.1, 0.15) is 220 Å². The topological polar surface area (TPSA) is 752 Å². The number of aliphatic hydroxyl groups is 28. The van der Waals surface area contributed by atoms with Gasteiger partial charge in [0.25, 0.3) is 0 Å². The fourth-order valence-electron chi connectivity index (χ4n) is 13.1. The molecule has 0 radical (unpaired) electrons. The molecule has 9 heterocycles. The highest BCUT2D eigenvalue weighted by atomic mass is 16.8. The maximum atomic E-state index is 12.4. The van der Waals surface area contributed by atoms with Crippen LogP contribution < -0.4 is 5.32 Å². The lowest BCUT2D eigenvalue weighted by molar-refractivity contribution is -0.408. The number of hydrogen-bond acceptors (Lipinski definition) is 46. The monoisotopic (exact) mass is 1520 g/mol. The molecule has 47 heteroatoms. The van der Waals surface area contributed by atoms with Crippen LogP contribution in [0.5, 0.6) is 0 Å². The van der Waals surface area contributed by atoms with Crippen molar-refractivity contribution in [2.45, 2.75) is 283 Å². The molecule has 0 aromatic heterocycles. The minimum Gasteiger partial charge on any atom is -0.394 e. The molecular weight excluding hydrogens is 1420 g/mol. The van der Waals surface area contributed by atoms with Crippen molar-refractivity contribution in [3.63, 3.8) is 0 Å². The summed E-state index contributed by atoms with van der Waals surface area (Å²) in [7, 11) is 0. The van der Waals surface area contributed by atoms with Crippen molar-refractivity contribution in [2.24, 2.45) is 0 Å². The van der Waals surface area contributed by atoms with Gasteiger partial charge >= 0.3 is 0 Å². The largest absolute Gasteiger partial charge is 0.394 e. The van der Waals surface area contributed by atoms with E-state index in [1.807, 2.05) is 0 Å². The van der Waals surface area contributed by atoms with E-state index in [0.29, 0.717) is 0 Å². The van der Waals surface area contributed by atoms with E-state index >= 15 is 0 Å². The van der Waals surface area contributed by atoms with Crippen LogP contribution in [0.1, 0.15) is 6.92 Å². The third-order valence-electron chi connectivity index (χ3n) is 19.1. The molecule has 103 heavy (non-hydrogen) atoms. The lowest BCUT2D eigenvalue weighted by Crippen LogP contribution is -2.69. The number of carbonyl (C=O) groups is 1. The quantitative estimate of drug-likeness (QED) is 0.0382. The molecule has 0 aliphatic carbocycles. The van der Waals surface area contributed by atoms with E-state index in [1.165, 1.54) is 0 Å². The van der Waals surface area contributed by atoms with Gasteiger partial charge in [-0.05, 0) is 0 Å². The fourth-order valence-corrected chi connectivity index (χ4v) is 13.1. The number of aliphatic hydroxyl groups excluding tert-OH is 28. The van der Waals surface area contributed by atoms with E-state index in [4.69, 9.17) is 80.5 Å². The molecule has 1 unspecified atom stereocenters. The van der Waals surface area contributed by atoms with Crippen LogP contribution >= 0.6 is 0 Å². The van der Waals surface area contributed by atoms with Crippen molar-refractivity contribution in [3.8, 4) is 0 Å². The summed E-state index contributed by atoms with van der Waals surface area (Å²) in [6, 6.07) is -1.77. The summed E-state index contributed by atoms with van der Waals surface area (Å²) in [6.07, 6.45) is -93.7. The molecule has 29 N–H and O–H groups in total. The number of rotatable bonds is 26. The number of carbonyl (C=O) groups excluding carboxylic acids is 1. The third-order valence-corrected chi connectivity index (χ3v) is 19.1. The zero-order valence-electron chi connectivity index (χ0n) is 54.2. The Balaban J connectivity index is 1.05. The summed E-state index contributed by atoms with van der Waals surface area (Å²) in [5.41, 5.74) is 0. The Morgan fingerprint density at radius 2 is 0.505 bits per heavy atom. The second kappa shape index (κ2) is 36.7. The number of ether oxygens (including phenoxy) is 17. The van der Waals surface area contributed by atoms with Gasteiger partial charge < -0.3 is 229 Å². The Bertz CT molecular complexity index is 2580. The summed E-state index contributed by atoms with van der Waals surface area (Å²) in [4.78, 5) is 12.3. The van der Waals surface area contributed by atoms with Crippen LogP contribution in [0.15, 0.2) is 0 Å². The molecule has 0 aromatic rings. The van der Waals surface area contributed by atoms with E-state index in [9.17, 15) is 148 Å². The minimum atomic E-state index is -2.52. The number of nitrogens with one attached hydrogen (secondary N) is 1. The smallest absolute Gasteiger partial charge is 0.217 e. The summed E-state index contributed by atoms with van der Waals surface area (Å²) in [6.45, 7) is -8.75. The molecule has 47 nitrogen and oxygen atoms in total. The lowest BCUT2D eigenvalue weighted by atomic mass is 9.94. The van der Waals surface area contributed by atoms with Gasteiger partial charge in [0.15, 0.2) is 56.6 Å².